The van der Waals surface area contributed by atoms with Gasteiger partial charge in [-0.25, -0.2) is 9.29 Å². The molecule has 4 rings (SSSR count). The smallest absolute Gasteiger partial charge is 0.226 e. The molecule has 3 aromatic rings. The Balaban J connectivity index is 1.71. The van der Waals surface area contributed by atoms with Crippen molar-refractivity contribution in [3.63, 3.8) is 0 Å². The van der Waals surface area contributed by atoms with Crippen LogP contribution in [0.1, 0.15) is 13.3 Å². The molecule has 1 atom stereocenters. The topological polar surface area (TPSA) is 80.1 Å². The van der Waals surface area contributed by atoms with Crippen molar-refractivity contribution in [3.05, 3.63) is 59.6 Å². The number of phenolic OH excluding ortho intramolecular Hbond substituents is 1. The van der Waals surface area contributed by atoms with E-state index < -0.39 is 11.4 Å². The SMILES string of the molecule is CN(C)C#CN(C=O)c1ccc(-c2cc(F)cc(-c3cncc(N4CCC(C)(O)C4)c3)c2O)cc1Cl. The second kappa shape index (κ2) is 10.1. The Labute approximate surface area is 214 Å². The molecular formula is C27H26ClFN4O3. The Morgan fingerprint density at radius 3 is 2.47 bits per heavy atom. The number of hydrogen-bond donors (Lipinski definition) is 2. The molecule has 0 aliphatic carbocycles. The molecule has 0 saturated carbocycles. The lowest BCUT2D eigenvalue weighted by atomic mass is 9.97. The molecule has 1 fully saturated rings. The maximum Gasteiger partial charge on any atom is 0.226 e. The van der Waals surface area contributed by atoms with Gasteiger partial charge in [0, 0.05) is 62.2 Å². The highest BCUT2D eigenvalue weighted by molar-refractivity contribution is 6.34. The quantitative estimate of drug-likeness (QED) is 0.303. The summed E-state index contributed by atoms with van der Waals surface area (Å²) in [7, 11) is 3.48. The summed E-state index contributed by atoms with van der Waals surface area (Å²) in [5.74, 6) is -0.675. The number of aromatic hydroxyl groups is 1. The van der Waals surface area contributed by atoms with E-state index >= 15 is 0 Å². The summed E-state index contributed by atoms with van der Waals surface area (Å²) in [6.45, 7) is 2.91. The number of carbonyl (C=O) groups is 1. The summed E-state index contributed by atoms with van der Waals surface area (Å²) in [5.41, 5.74) is 1.86. The Morgan fingerprint density at radius 2 is 1.86 bits per heavy atom. The molecule has 1 aromatic heterocycles. The first kappa shape index (κ1) is 25.3. The van der Waals surface area contributed by atoms with Gasteiger partial charge in [-0.2, -0.15) is 0 Å². The number of pyridine rings is 1. The molecule has 0 radical (unpaired) electrons. The number of amides is 1. The minimum absolute atomic E-state index is 0.132. The molecule has 1 unspecified atom stereocenters. The second-order valence-electron chi connectivity index (χ2n) is 9.21. The van der Waals surface area contributed by atoms with Gasteiger partial charge in [0.25, 0.3) is 0 Å². The van der Waals surface area contributed by atoms with E-state index in [9.17, 15) is 19.4 Å². The van der Waals surface area contributed by atoms with E-state index in [1.165, 1.54) is 12.1 Å². The number of halogens is 2. The van der Waals surface area contributed by atoms with E-state index in [1.807, 2.05) is 11.0 Å². The van der Waals surface area contributed by atoms with Gasteiger partial charge >= 0.3 is 0 Å². The number of carbonyl (C=O) groups excluding carboxylic acids is 1. The standard InChI is InChI=1S/C27H26ClFN4O3/c1-27(36)6-7-32(16-27)21-10-19(14-30-15-21)23-13-20(29)12-22(26(23)35)18-4-5-25(24(28)11-18)33(17-34)9-8-31(2)3/h4-5,10-15,17,35-36H,6-7,16H2,1-3H3. The molecule has 2 N–H and O–H groups in total. The molecule has 7 nitrogen and oxygen atoms in total. The third-order valence-corrected chi connectivity index (χ3v) is 6.25. The van der Waals surface area contributed by atoms with Crippen LogP contribution in [-0.2, 0) is 4.79 Å². The van der Waals surface area contributed by atoms with Crippen LogP contribution in [0.3, 0.4) is 0 Å². The van der Waals surface area contributed by atoms with Crippen molar-refractivity contribution in [1.82, 2.24) is 9.88 Å². The first-order valence-corrected chi connectivity index (χ1v) is 11.6. The zero-order chi connectivity index (χ0) is 26.0. The zero-order valence-electron chi connectivity index (χ0n) is 20.2. The summed E-state index contributed by atoms with van der Waals surface area (Å²) in [6.07, 6.45) is 4.41. The van der Waals surface area contributed by atoms with Gasteiger partial charge in [0.15, 0.2) is 0 Å². The number of aliphatic hydroxyl groups is 1. The van der Waals surface area contributed by atoms with Gasteiger partial charge in [0.1, 0.15) is 11.6 Å². The van der Waals surface area contributed by atoms with Gasteiger partial charge in [-0.15, -0.1) is 0 Å². The van der Waals surface area contributed by atoms with Crippen LogP contribution in [0, 0.1) is 17.9 Å². The predicted molar refractivity (Wildman–Crippen MR) is 139 cm³/mol. The number of phenols is 1. The number of aromatic nitrogens is 1. The highest BCUT2D eigenvalue weighted by Crippen LogP contribution is 2.41. The molecule has 1 aliphatic rings. The van der Waals surface area contributed by atoms with Crippen molar-refractivity contribution < 1.29 is 19.4 Å². The number of hydrogen-bond acceptors (Lipinski definition) is 6. The van der Waals surface area contributed by atoms with Gasteiger partial charge < -0.3 is 20.0 Å². The molecule has 1 aliphatic heterocycles. The van der Waals surface area contributed by atoms with Crippen LogP contribution in [-0.4, -0.2) is 59.3 Å². The zero-order valence-corrected chi connectivity index (χ0v) is 20.9. The minimum atomic E-state index is -0.785. The molecule has 2 heterocycles. The summed E-state index contributed by atoms with van der Waals surface area (Å²) in [5, 5.41) is 21.7. The Morgan fingerprint density at radius 1 is 1.14 bits per heavy atom. The van der Waals surface area contributed by atoms with Crippen LogP contribution in [0.5, 0.6) is 5.75 Å². The highest BCUT2D eigenvalue weighted by Gasteiger charge is 2.31. The van der Waals surface area contributed by atoms with Gasteiger partial charge in [0.2, 0.25) is 6.41 Å². The normalized spacial score (nSPS) is 16.9. The fourth-order valence-electron chi connectivity index (χ4n) is 4.12. The van der Waals surface area contributed by atoms with Gasteiger partial charge in [-0.1, -0.05) is 17.7 Å². The number of benzene rings is 2. The van der Waals surface area contributed by atoms with Crippen molar-refractivity contribution in [1.29, 1.82) is 0 Å². The molecule has 2 aromatic carbocycles. The summed E-state index contributed by atoms with van der Waals surface area (Å²) >= 11 is 6.44. The second-order valence-corrected chi connectivity index (χ2v) is 9.62. The van der Waals surface area contributed by atoms with Crippen molar-refractivity contribution in [2.24, 2.45) is 0 Å². The average molecular weight is 509 g/mol. The van der Waals surface area contributed by atoms with Crippen molar-refractivity contribution in [2.45, 2.75) is 18.9 Å². The van der Waals surface area contributed by atoms with E-state index in [0.29, 0.717) is 42.7 Å². The number of β-amino-alcohol motifs (C(OH)–C–C–N with tert-alkyl or cyclic N) is 1. The monoisotopic (exact) mass is 508 g/mol. The lowest BCUT2D eigenvalue weighted by molar-refractivity contribution is -0.106. The van der Waals surface area contributed by atoms with E-state index in [4.69, 9.17) is 11.6 Å². The Hall–Kier alpha value is -3.80. The maximum atomic E-state index is 14.7. The van der Waals surface area contributed by atoms with Gasteiger partial charge in [0.05, 0.1) is 28.2 Å². The van der Waals surface area contributed by atoms with Crippen LogP contribution >= 0.6 is 11.6 Å². The molecule has 0 spiro atoms. The molecule has 0 bridgehead atoms. The Bertz CT molecular complexity index is 1370. The van der Waals surface area contributed by atoms with Gasteiger partial charge in [-0.05, 0) is 49.2 Å². The van der Waals surface area contributed by atoms with Crippen molar-refractivity contribution >= 4 is 29.4 Å². The predicted octanol–water partition coefficient (Wildman–Crippen LogP) is 4.32. The van der Waals surface area contributed by atoms with Crippen molar-refractivity contribution in [3.8, 4) is 40.1 Å². The number of rotatable bonds is 5. The molecule has 186 valence electrons. The highest BCUT2D eigenvalue weighted by atomic mass is 35.5. The van der Waals surface area contributed by atoms with Crippen LogP contribution in [0.2, 0.25) is 5.02 Å². The fourth-order valence-corrected chi connectivity index (χ4v) is 4.39. The number of anilines is 2. The summed E-state index contributed by atoms with van der Waals surface area (Å²) in [4.78, 5) is 20.5. The van der Waals surface area contributed by atoms with Crippen LogP contribution in [0.25, 0.3) is 22.3 Å². The summed E-state index contributed by atoms with van der Waals surface area (Å²) in [6, 6.07) is 14.5. The van der Waals surface area contributed by atoms with Crippen LogP contribution in [0.4, 0.5) is 15.8 Å². The van der Waals surface area contributed by atoms with Gasteiger partial charge in [-0.3, -0.25) is 9.78 Å². The van der Waals surface area contributed by atoms with E-state index in [-0.39, 0.29) is 21.9 Å². The maximum absolute atomic E-state index is 14.7. The molecular weight excluding hydrogens is 483 g/mol. The number of nitrogens with zero attached hydrogens (tertiary/aromatic N) is 4. The average Bonchev–Trinajstić information content (AvgIpc) is 3.21. The molecule has 1 saturated heterocycles. The van der Waals surface area contributed by atoms with E-state index in [1.54, 1.807) is 56.5 Å². The minimum Gasteiger partial charge on any atom is -0.507 e. The van der Waals surface area contributed by atoms with E-state index in [2.05, 4.69) is 17.1 Å². The lowest BCUT2D eigenvalue weighted by Gasteiger charge is -2.21. The molecule has 1 amide bonds. The molecule has 9 heteroatoms. The van der Waals surface area contributed by atoms with E-state index in [0.717, 1.165) is 10.6 Å². The fraction of sp³-hybridized carbons (Fsp3) is 0.259. The first-order valence-electron chi connectivity index (χ1n) is 11.3. The Kier molecular flexibility index (Phi) is 7.07. The van der Waals surface area contributed by atoms with Crippen molar-refractivity contribution in [2.75, 3.05) is 37.0 Å². The summed E-state index contributed by atoms with van der Waals surface area (Å²) < 4.78 is 14.7. The first-order chi connectivity index (χ1) is 17.1. The molecule has 36 heavy (non-hydrogen) atoms. The van der Waals surface area contributed by atoms with Crippen LogP contribution < -0.4 is 9.80 Å². The lowest BCUT2D eigenvalue weighted by Crippen LogP contribution is -2.29. The largest absolute Gasteiger partial charge is 0.507 e. The third kappa shape index (κ3) is 5.38. The van der Waals surface area contributed by atoms with Crippen LogP contribution in [0.15, 0.2) is 48.8 Å². The third-order valence-electron chi connectivity index (χ3n) is 5.94.